The Hall–Kier alpha value is -0.770. The monoisotopic (exact) mass is 159 g/mol. The maximum atomic E-state index is 8.64. The van der Waals surface area contributed by atoms with Gasteiger partial charge >= 0.3 is 0 Å². The molecular formula is C7H17N3O. The molecular weight excluding hydrogens is 142 g/mol. The van der Waals surface area contributed by atoms with Crippen LogP contribution in [0.5, 0.6) is 0 Å². The zero-order valence-corrected chi connectivity index (χ0v) is 7.17. The lowest BCUT2D eigenvalue weighted by atomic mass is 10.4. The average molecular weight is 159 g/mol. The van der Waals surface area contributed by atoms with Gasteiger partial charge in [-0.1, -0.05) is 6.92 Å². The molecule has 0 fully saturated rings. The van der Waals surface area contributed by atoms with Crippen LogP contribution in [0.3, 0.4) is 0 Å². The Morgan fingerprint density at radius 3 is 2.82 bits per heavy atom. The Bertz CT molecular complexity index is 125. The van der Waals surface area contributed by atoms with Gasteiger partial charge in [0.25, 0.3) is 0 Å². The number of nitrogens with two attached hydrogens (primary N) is 1. The van der Waals surface area contributed by atoms with Crippen LogP contribution in [-0.4, -0.2) is 30.3 Å². The Morgan fingerprint density at radius 1 is 1.73 bits per heavy atom. The number of nitrogens with zero attached hydrogens (tertiary/aromatic N) is 1. The molecule has 0 aromatic heterocycles. The summed E-state index contributed by atoms with van der Waals surface area (Å²) >= 11 is 0. The largest absolute Gasteiger partial charge is 0.394 e. The molecule has 0 aliphatic heterocycles. The molecule has 0 radical (unpaired) electrons. The van der Waals surface area contributed by atoms with E-state index in [1.54, 1.807) is 0 Å². The van der Waals surface area contributed by atoms with Gasteiger partial charge in [-0.05, 0) is 13.3 Å². The number of hydrogen-bond donors (Lipinski definition) is 3. The van der Waals surface area contributed by atoms with Gasteiger partial charge in [-0.3, -0.25) is 4.99 Å². The maximum Gasteiger partial charge on any atom is 0.188 e. The summed E-state index contributed by atoms with van der Waals surface area (Å²) in [6.07, 6.45) is 0.982. The summed E-state index contributed by atoms with van der Waals surface area (Å²) in [4.78, 5) is 4.00. The third-order valence-electron chi connectivity index (χ3n) is 1.17. The molecule has 0 aliphatic rings. The van der Waals surface area contributed by atoms with E-state index in [2.05, 4.69) is 10.3 Å². The summed E-state index contributed by atoms with van der Waals surface area (Å²) in [7, 11) is 0. The van der Waals surface area contributed by atoms with E-state index < -0.39 is 0 Å². The van der Waals surface area contributed by atoms with Crippen LogP contribution in [0, 0.1) is 0 Å². The van der Waals surface area contributed by atoms with Gasteiger partial charge in [0.05, 0.1) is 6.61 Å². The highest BCUT2D eigenvalue weighted by Crippen LogP contribution is 1.79. The fourth-order valence-corrected chi connectivity index (χ4v) is 0.576. The normalized spacial score (nSPS) is 14.6. The molecule has 0 bridgehead atoms. The molecule has 0 aliphatic carbocycles. The van der Waals surface area contributed by atoms with Gasteiger partial charge in [0, 0.05) is 12.6 Å². The van der Waals surface area contributed by atoms with Crippen molar-refractivity contribution in [3.8, 4) is 0 Å². The number of aliphatic hydroxyl groups is 1. The van der Waals surface area contributed by atoms with Crippen LogP contribution in [0.2, 0.25) is 0 Å². The van der Waals surface area contributed by atoms with Crippen molar-refractivity contribution in [3.05, 3.63) is 0 Å². The van der Waals surface area contributed by atoms with Crippen LogP contribution in [0.15, 0.2) is 4.99 Å². The molecule has 1 unspecified atom stereocenters. The lowest BCUT2D eigenvalue weighted by Crippen LogP contribution is -2.40. The highest BCUT2D eigenvalue weighted by Gasteiger charge is 1.98. The van der Waals surface area contributed by atoms with E-state index in [-0.39, 0.29) is 12.6 Å². The molecule has 1 atom stereocenters. The smallest absolute Gasteiger partial charge is 0.188 e. The summed E-state index contributed by atoms with van der Waals surface area (Å²) < 4.78 is 0. The predicted molar refractivity (Wildman–Crippen MR) is 46.5 cm³/mol. The Balaban J connectivity index is 3.57. The van der Waals surface area contributed by atoms with Crippen LogP contribution in [0.25, 0.3) is 0 Å². The van der Waals surface area contributed by atoms with Crippen molar-refractivity contribution in [2.75, 3.05) is 13.2 Å². The van der Waals surface area contributed by atoms with Gasteiger partial charge < -0.3 is 16.2 Å². The molecule has 4 heteroatoms. The molecule has 66 valence electrons. The van der Waals surface area contributed by atoms with E-state index in [0.717, 1.165) is 13.0 Å². The SMILES string of the molecule is CCCN=C(N)NC(C)CO. The van der Waals surface area contributed by atoms with E-state index in [9.17, 15) is 0 Å². The van der Waals surface area contributed by atoms with Crippen molar-refractivity contribution >= 4 is 5.96 Å². The summed E-state index contributed by atoms with van der Waals surface area (Å²) in [6.45, 7) is 4.68. The van der Waals surface area contributed by atoms with E-state index in [4.69, 9.17) is 10.8 Å². The third-order valence-corrected chi connectivity index (χ3v) is 1.17. The topological polar surface area (TPSA) is 70.6 Å². The van der Waals surface area contributed by atoms with Crippen molar-refractivity contribution in [3.63, 3.8) is 0 Å². The molecule has 11 heavy (non-hydrogen) atoms. The second kappa shape index (κ2) is 5.97. The predicted octanol–water partition coefficient (Wildman–Crippen LogP) is -0.318. The first kappa shape index (κ1) is 10.2. The van der Waals surface area contributed by atoms with Crippen LogP contribution in [0.1, 0.15) is 20.3 Å². The number of nitrogens with one attached hydrogen (secondary N) is 1. The summed E-state index contributed by atoms with van der Waals surface area (Å²) in [6, 6.07) is -0.0180. The van der Waals surface area contributed by atoms with E-state index in [0.29, 0.717) is 5.96 Å². The van der Waals surface area contributed by atoms with Crippen LogP contribution >= 0.6 is 0 Å². The number of rotatable bonds is 4. The van der Waals surface area contributed by atoms with Crippen molar-refractivity contribution in [2.24, 2.45) is 10.7 Å². The van der Waals surface area contributed by atoms with E-state index in [1.807, 2.05) is 13.8 Å². The zero-order chi connectivity index (χ0) is 8.69. The van der Waals surface area contributed by atoms with Crippen molar-refractivity contribution in [2.45, 2.75) is 26.3 Å². The number of aliphatic imine (C=N–C) groups is 1. The minimum atomic E-state index is -0.0180. The first-order valence-electron chi connectivity index (χ1n) is 3.88. The number of guanidine groups is 1. The van der Waals surface area contributed by atoms with Crippen LogP contribution in [0.4, 0.5) is 0 Å². The van der Waals surface area contributed by atoms with Crippen molar-refractivity contribution in [1.82, 2.24) is 5.32 Å². The molecule has 0 saturated carbocycles. The Kier molecular flexibility index (Phi) is 5.56. The first-order chi connectivity index (χ1) is 5.20. The molecule has 0 aromatic carbocycles. The molecule has 0 aromatic rings. The van der Waals surface area contributed by atoms with Gasteiger partial charge in [0.1, 0.15) is 0 Å². The highest BCUT2D eigenvalue weighted by molar-refractivity contribution is 5.78. The fraction of sp³-hybridized carbons (Fsp3) is 0.857. The first-order valence-corrected chi connectivity index (χ1v) is 3.88. The number of hydrogen-bond acceptors (Lipinski definition) is 2. The Morgan fingerprint density at radius 2 is 2.36 bits per heavy atom. The van der Waals surface area contributed by atoms with Gasteiger partial charge in [-0.2, -0.15) is 0 Å². The second-order valence-corrected chi connectivity index (χ2v) is 2.49. The molecule has 0 heterocycles. The average Bonchev–Trinajstić information content (AvgIpc) is 2.00. The molecule has 0 amide bonds. The second-order valence-electron chi connectivity index (χ2n) is 2.49. The minimum Gasteiger partial charge on any atom is -0.394 e. The minimum absolute atomic E-state index is 0.0180. The van der Waals surface area contributed by atoms with Crippen LogP contribution in [-0.2, 0) is 0 Å². The summed E-state index contributed by atoms with van der Waals surface area (Å²) in [5.74, 6) is 0.411. The fourth-order valence-electron chi connectivity index (χ4n) is 0.576. The molecule has 0 rings (SSSR count). The summed E-state index contributed by atoms with van der Waals surface area (Å²) in [5.41, 5.74) is 5.46. The Labute approximate surface area is 67.5 Å². The highest BCUT2D eigenvalue weighted by atomic mass is 16.3. The maximum absolute atomic E-state index is 8.64. The molecule has 0 spiro atoms. The zero-order valence-electron chi connectivity index (χ0n) is 7.17. The van der Waals surface area contributed by atoms with Crippen molar-refractivity contribution < 1.29 is 5.11 Å². The van der Waals surface area contributed by atoms with Gasteiger partial charge in [-0.15, -0.1) is 0 Å². The molecule has 4 nitrogen and oxygen atoms in total. The van der Waals surface area contributed by atoms with E-state index in [1.165, 1.54) is 0 Å². The molecule has 4 N–H and O–H groups in total. The lowest BCUT2D eigenvalue weighted by molar-refractivity contribution is 0.264. The van der Waals surface area contributed by atoms with Crippen LogP contribution < -0.4 is 11.1 Å². The van der Waals surface area contributed by atoms with Gasteiger partial charge in [0.2, 0.25) is 0 Å². The van der Waals surface area contributed by atoms with Gasteiger partial charge in [-0.25, -0.2) is 0 Å². The van der Waals surface area contributed by atoms with E-state index >= 15 is 0 Å². The van der Waals surface area contributed by atoms with Crippen molar-refractivity contribution in [1.29, 1.82) is 0 Å². The number of aliphatic hydroxyl groups excluding tert-OH is 1. The lowest BCUT2D eigenvalue weighted by Gasteiger charge is -2.10. The quantitative estimate of drug-likeness (QED) is 0.389. The van der Waals surface area contributed by atoms with Gasteiger partial charge in [0.15, 0.2) is 5.96 Å². The standard InChI is InChI=1S/C7H17N3O/c1-3-4-9-7(8)10-6(2)5-11/h6,11H,3-5H2,1-2H3,(H3,8,9,10). The third kappa shape index (κ3) is 5.66. The molecule has 0 saturated heterocycles. The summed E-state index contributed by atoms with van der Waals surface area (Å²) in [5, 5.41) is 11.5.